The topological polar surface area (TPSA) is 100 Å². The number of allylic oxidation sites excluding steroid dienone is 1. The summed E-state index contributed by atoms with van der Waals surface area (Å²) in [5.41, 5.74) is 2.88. The Morgan fingerprint density at radius 1 is 1.10 bits per heavy atom. The molecule has 3 aromatic rings. The molecule has 7 nitrogen and oxygen atoms in total. The van der Waals surface area contributed by atoms with Gasteiger partial charge in [0.15, 0.2) is 5.43 Å². The molecule has 160 valence electrons. The number of carbonyl (C=O) groups excluding carboxylic acids is 2. The second-order valence-corrected chi connectivity index (χ2v) is 7.86. The summed E-state index contributed by atoms with van der Waals surface area (Å²) in [5, 5.41) is 6.06. The van der Waals surface area contributed by atoms with E-state index in [0.29, 0.717) is 16.6 Å². The van der Waals surface area contributed by atoms with Crippen LogP contribution in [-0.2, 0) is 10.3 Å². The Hall–Kier alpha value is -3.87. The fraction of sp³-hybridized carbons (Fsp3) is 0.208. The van der Waals surface area contributed by atoms with E-state index in [1.807, 2.05) is 45.0 Å². The Morgan fingerprint density at radius 2 is 1.84 bits per heavy atom. The van der Waals surface area contributed by atoms with E-state index >= 15 is 0 Å². The van der Waals surface area contributed by atoms with Crippen molar-refractivity contribution in [1.29, 1.82) is 0 Å². The molecule has 0 atom stereocenters. The smallest absolute Gasteiger partial charge is 0.354 e. The number of H-pyrrole nitrogens is 1. The van der Waals surface area contributed by atoms with Gasteiger partial charge in [-0.15, -0.1) is 0 Å². The van der Waals surface area contributed by atoms with Crippen molar-refractivity contribution in [2.24, 2.45) is 0 Å². The van der Waals surface area contributed by atoms with Crippen molar-refractivity contribution < 1.29 is 14.3 Å². The molecular formula is C24H25N3O4. The monoisotopic (exact) mass is 419 g/mol. The van der Waals surface area contributed by atoms with Crippen LogP contribution in [0.5, 0.6) is 0 Å². The van der Waals surface area contributed by atoms with Crippen LogP contribution in [0, 0.1) is 0 Å². The first-order chi connectivity index (χ1) is 14.6. The van der Waals surface area contributed by atoms with Crippen molar-refractivity contribution >= 4 is 34.2 Å². The molecule has 3 N–H and O–H groups in total. The number of anilines is 1. The molecule has 0 unspecified atom stereocenters. The van der Waals surface area contributed by atoms with Gasteiger partial charge in [0.1, 0.15) is 5.69 Å². The highest BCUT2D eigenvalue weighted by molar-refractivity contribution is 5.95. The number of fused-ring (bicyclic) bond motifs is 1. The molecule has 0 aliphatic carbocycles. The lowest BCUT2D eigenvalue weighted by Crippen LogP contribution is -2.43. The number of nitrogens with one attached hydrogen (secondary N) is 3. The van der Waals surface area contributed by atoms with Crippen LogP contribution in [0.1, 0.15) is 42.4 Å². The van der Waals surface area contributed by atoms with Gasteiger partial charge < -0.3 is 20.4 Å². The number of pyridine rings is 1. The standard InChI is InChI=1S/C24H25N3O4/c1-14(2)15-7-6-8-16(11-15)24(3,4)27-23(30)25-17-9-10-19-18(12-17)21(28)13-20(26-19)22(29)31-5/h6-13H,1H2,2-5H3,(H,26,28)(H2,25,27,30). The molecule has 0 spiro atoms. The van der Waals surface area contributed by atoms with E-state index in [4.69, 9.17) is 0 Å². The third-order valence-corrected chi connectivity index (χ3v) is 5.00. The van der Waals surface area contributed by atoms with Crippen LogP contribution in [0.4, 0.5) is 10.5 Å². The number of urea groups is 1. The molecule has 0 radical (unpaired) electrons. The molecule has 1 heterocycles. The number of carbonyl (C=O) groups is 2. The Labute approximate surface area is 180 Å². The van der Waals surface area contributed by atoms with Crippen molar-refractivity contribution in [3.63, 3.8) is 0 Å². The third-order valence-electron chi connectivity index (χ3n) is 5.00. The Morgan fingerprint density at radius 3 is 2.52 bits per heavy atom. The number of rotatable bonds is 5. The summed E-state index contributed by atoms with van der Waals surface area (Å²) in [6.45, 7) is 9.71. The van der Waals surface area contributed by atoms with Crippen LogP contribution < -0.4 is 16.1 Å². The van der Waals surface area contributed by atoms with E-state index in [1.165, 1.54) is 13.2 Å². The van der Waals surface area contributed by atoms with Gasteiger partial charge in [-0.1, -0.05) is 30.4 Å². The van der Waals surface area contributed by atoms with Gasteiger partial charge >= 0.3 is 12.0 Å². The van der Waals surface area contributed by atoms with E-state index in [-0.39, 0.29) is 11.1 Å². The number of aromatic nitrogens is 1. The lowest BCUT2D eigenvalue weighted by atomic mass is 9.92. The molecule has 2 amide bonds. The third kappa shape index (κ3) is 4.83. The number of methoxy groups -OCH3 is 1. The average Bonchev–Trinajstić information content (AvgIpc) is 2.73. The molecule has 2 aromatic carbocycles. The minimum atomic E-state index is -0.640. The van der Waals surface area contributed by atoms with Gasteiger partial charge in [-0.2, -0.15) is 0 Å². The Kier molecular flexibility index (Phi) is 5.97. The highest BCUT2D eigenvalue weighted by Gasteiger charge is 2.23. The first kappa shape index (κ1) is 21.8. The Balaban J connectivity index is 1.80. The van der Waals surface area contributed by atoms with Crippen molar-refractivity contribution in [2.45, 2.75) is 26.3 Å². The average molecular weight is 419 g/mol. The summed E-state index contributed by atoms with van der Waals surface area (Å²) in [5.74, 6) is -0.626. The highest BCUT2D eigenvalue weighted by Crippen LogP contribution is 2.24. The van der Waals surface area contributed by atoms with Crippen molar-refractivity contribution in [3.05, 3.63) is 82.2 Å². The maximum absolute atomic E-state index is 12.6. The summed E-state index contributed by atoms with van der Waals surface area (Å²) in [6.07, 6.45) is 0. The van der Waals surface area contributed by atoms with Gasteiger partial charge in [-0.05, 0) is 56.2 Å². The van der Waals surface area contributed by atoms with Crippen LogP contribution in [0.2, 0.25) is 0 Å². The highest BCUT2D eigenvalue weighted by atomic mass is 16.5. The van der Waals surface area contributed by atoms with Crippen LogP contribution >= 0.6 is 0 Å². The van der Waals surface area contributed by atoms with E-state index in [2.05, 4.69) is 26.9 Å². The second-order valence-electron chi connectivity index (χ2n) is 7.86. The maximum atomic E-state index is 12.6. The zero-order valence-electron chi connectivity index (χ0n) is 18.0. The van der Waals surface area contributed by atoms with Gasteiger partial charge in [0.2, 0.25) is 0 Å². The van der Waals surface area contributed by atoms with Gasteiger partial charge in [0, 0.05) is 17.1 Å². The first-order valence-corrected chi connectivity index (χ1v) is 9.72. The fourth-order valence-electron chi connectivity index (χ4n) is 3.24. The van der Waals surface area contributed by atoms with Crippen molar-refractivity contribution in [2.75, 3.05) is 12.4 Å². The molecule has 0 aliphatic rings. The molecule has 0 fully saturated rings. The lowest BCUT2D eigenvalue weighted by Gasteiger charge is -2.27. The van der Waals surface area contributed by atoms with E-state index in [0.717, 1.165) is 16.7 Å². The summed E-state index contributed by atoms with van der Waals surface area (Å²) in [6, 6.07) is 13.4. The number of hydrogen-bond donors (Lipinski definition) is 3. The van der Waals surface area contributed by atoms with Gasteiger partial charge in [0.25, 0.3) is 0 Å². The number of amides is 2. The van der Waals surface area contributed by atoms with Gasteiger partial charge in [-0.25, -0.2) is 9.59 Å². The van der Waals surface area contributed by atoms with Gasteiger partial charge in [-0.3, -0.25) is 4.79 Å². The molecule has 31 heavy (non-hydrogen) atoms. The SMILES string of the molecule is C=C(C)c1cccc(C(C)(C)NC(=O)Nc2ccc3[nH]c(C(=O)OC)cc(=O)c3c2)c1. The first-order valence-electron chi connectivity index (χ1n) is 9.72. The van der Waals surface area contributed by atoms with Crippen LogP contribution in [0.25, 0.3) is 16.5 Å². The minimum Gasteiger partial charge on any atom is -0.464 e. The number of aromatic amines is 1. The molecule has 0 aliphatic heterocycles. The minimum absolute atomic E-state index is 0.0668. The number of benzene rings is 2. The van der Waals surface area contributed by atoms with Crippen LogP contribution in [0.15, 0.2) is 59.9 Å². The quantitative estimate of drug-likeness (QED) is 0.534. The normalized spacial score (nSPS) is 11.1. The molecule has 1 aromatic heterocycles. The zero-order valence-corrected chi connectivity index (χ0v) is 18.0. The van der Waals surface area contributed by atoms with Gasteiger partial charge in [0.05, 0.1) is 18.2 Å². The zero-order chi connectivity index (χ0) is 22.8. The van der Waals surface area contributed by atoms with Crippen LogP contribution in [0.3, 0.4) is 0 Å². The molecule has 0 bridgehead atoms. The predicted molar refractivity (Wildman–Crippen MR) is 122 cm³/mol. The van der Waals surface area contributed by atoms with Crippen molar-refractivity contribution in [3.8, 4) is 0 Å². The summed E-state index contributed by atoms with van der Waals surface area (Å²) < 4.78 is 4.64. The molecule has 3 rings (SSSR count). The van der Waals surface area contributed by atoms with E-state index in [9.17, 15) is 14.4 Å². The molecule has 7 heteroatoms. The van der Waals surface area contributed by atoms with Crippen molar-refractivity contribution in [1.82, 2.24) is 10.3 Å². The molecular weight excluding hydrogens is 394 g/mol. The largest absolute Gasteiger partial charge is 0.464 e. The maximum Gasteiger partial charge on any atom is 0.354 e. The second kappa shape index (κ2) is 8.47. The number of ether oxygens (including phenoxy) is 1. The molecule has 0 saturated heterocycles. The predicted octanol–water partition coefficient (Wildman–Crippen LogP) is 4.40. The summed E-state index contributed by atoms with van der Waals surface area (Å²) in [7, 11) is 1.24. The fourth-order valence-corrected chi connectivity index (χ4v) is 3.24. The summed E-state index contributed by atoms with van der Waals surface area (Å²) >= 11 is 0. The van der Waals surface area contributed by atoms with E-state index < -0.39 is 17.5 Å². The Bertz CT molecular complexity index is 1240. The number of hydrogen-bond acceptors (Lipinski definition) is 4. The number of esters is 1. The van der Waals surface area contributed by atoms with E-state index in [1.54, 1.807) is 18.2 Å². The molecule has 0 saturated carbocycles. The lowest BCUT2D eigenvalue weighted by molar-refractivity contribution is 0.0594. The van der Waals surface area contributed by atoms with Crippen LogP contribution in [-0.4, -0.2) is 24.1 Å². The summed E-state index contributed by atoms with van der Waals surface area (Å²) in [4.78, 5) is 39.6.